The van der Waals surface area contributed by atoms with Gasteiger partial charge in [0, 0.05) is 11.1 Å². The lowest BCUT2D eigenvalue weighted by molar-refractivity contribution is -0.182. The summed E-state index contributed by atoms with van der Waals surface area (Å²) in [5.74, 6) is 0.239. The van der Waals surface area contributed by atoms with Crippen molar-refractivity contribution >= 4 is 0 Å². The van der Waals surface area contributed by atoms with Gasteiger partial charge in [0.05, 0.1) is 13.2 Å². The standard InChI is InChI=1S/C20H22O8/c21-13-5-1-11(2-6-13)19-25-9-15(23)17(24)18-16(10-26-19)27-20(28-18)12-3-7-14(22)8-4-12/h1-8,15-24H,9-10H2/t15-,16+,17-,18-,19?,20?/m1/s1. The highest BCUT2D eigenvalue weighted by molar-refractivity contribution is 5.27. The van der Waals surface area contributed by atoms with Gasteiger partial charge in [0.15, 0.2) is 12.6 Å². The van der Waals surface area contributed by atoms with Crippen molar-refractivity contribution in [1.29, 1.82) is 0 Å². The molecule has 0 radical (unpaired) electrons. The van der Waals surface area contributed by atoms with E-state index in [2.05, 4.69) is 0 Å². The first-order valence-electron chi connectivity index (χ1n) is 8.99. The summed E-state index contributed by atoms with van der Waals surface area (Å²) in [6.45, 7) is -0.0995. The number of ether oxygens (including phenoxy) is 4. The molecule has 2 unspecified atom stereocenters. The highest BCUT2D eigenvalue weighted by Crippen LogP contribution is 2.36. The van der Waals surface area contributed by atoms with Gasteiger partial charge in [-0.1, -0.05) is 24.3 Å². The lowest BCUT2D eigenvalue weighted by Gasteiger charge is -2.23. The van der Waals surface area contributed by atoms with Crippen LogP contribution in [0.5, 0.6) is 11.5 Å². The summed E-state index contributed by atoms with van der Waals surface area (Å²) in [6.07, 6.45) is -5.42. The monoisotopic (exact) mass is 390 g/mol. The van der Waals surface area contributed by atoms with Crippen LogP contribution >= 0.6 is 0 Å². The Balaban J connectivity index is 1.53. The normalized spacial score (nSPS) is 33.5. The third-order valence-electron chi connectivity index (χ3n) is 4.84. The molecule has 2 aromatic rings. The first kappa shape index (κ1) is 19.1. The van der Waals surface area contributed by atoms with E-state index in [1.54, 1.807) is 24.3 Å². The molecule has 2 heterocycles. The second-order valence-corrected chi connectivity index (χ2v) is 6.85. The Hall–Kier alpha value is -2.20. The van der Waals surface area contributed by atoms with Crippen LogP contribution < -0.4 is 0 Å². The number of benzene rings is 2. The maximum Gasteiger partial charge on any atom is 0.184 e. The third kappa shape index (κ3) is 3.97. The first-order valence-corrected chi connectivity index (χ1v) is 8.99. The van der Waals surface area contributed by atoms with Crippen LogP contribution in [0.25, 0.3) is 0 Å². The van der Waals surface area contributed by atoms with Gasteiger partial charge in [-0.2, -0.15) is 0 Å². The third-order valence-corrected chi connectivity index (χ3v) is 4.84. The van der Waals surface area contributed by atoms with Gasteiger partial charge in [-0.25, -0.2) is 0 Å². The van der Waals surface area contributed by atoms with Gasteiger partial charge in [-0.05, 0) is 24.3 Å². The molecule has 2 fully saturated rings. The summed E-state index contributed by atoms with van der Waals surface area (Å²) in [4.78, 5) is 0. The molecule has 8 heteroatoms. The largest absolute Gasteiger partial charge is 0.508 e. The van der Waals surface area contributed by atoms with Gasteiger partial charge in [-0.15, -0.1) is 0 Å². The number of phenols is 2. The lowest BCUT2D eigenvalue weighted by Crippen LogP contribution is -2.45. The number of hydrogen-bond acceptors (Lipinski definition) is 8. The van der Waals surface area contributed by atoms with Crippen LogP contribution in [-0.2, 0) is 18.9 Å². The SMILES string of the molecule is Oc1ccc(C2OC[C@@H](O)[C@@H](O)[C@@H]3OC(c4ccc(O)cc4)O[C@H]3CO2)cc1. The fraction of sp³-hybridized carbons (Fsp3) is 0.400. The molecular formula is C20H22O8. The fourth-order valence-electron chi connectivity index (χ4n) is 3.28. The van der Waals surface area contributed by atoms with E-state index in [0.29, 0.717) is 11.1 Å². The Morgan fingerprint density at radius 3 is 1.82 bits per heavy atom. The zero-order chi connectivity index (χ0) is 19.7. The molecule has 2 aromatic carbocycles. The van der Waals surface area contributed by atoms with Gasteiger partial charge >= 0.3 is 0 Å². The minimum Gasteiger partial charge on any atom is -0.508 e. The summed E-state index contributed by atoms with van der Waals surface area (Å²) in [7, 11) is 0. The van der Waals surface area contributed by atoms with E-state index in [-0.39, 0.29) is 24.7 Å². The van der Waals surface area contributed by atoms with Crippen molar-refractivity contribution in [3.8, 4) is 11.5 Å². The first-order chi connectivity index (χ1) is 13.5. The second kappa shape index (κ2) is 8.04. The van der Waals surface area contributed by atoms with Crippen LogP contribution in [0.3, 0.4) is 0 Å². The average molecular weight is 390 g/mol. The van der Waals surface area contributed by atoms with Crippen molar-refractivity contribution in [3.63, 3.8) is 0 Å². The van der Waals surface area contributed by atoms with Gasteiger partial charge in [0.25, 0.3) is 0 Å². The minimum absolute atomic E-state index is 0.0641. The summed E-state index contributed by atoms with van der Waals surface area (Å²) >= 11 is 0. The summed E-state index contributed by atoms with van der Waals surface area (Å²) in [5.41, 5.74) is 1.34. The molecule has 4 N–H and O–H groups in total. The quantitative estimate of drug-likeness (QED) is 0.607. The van der Waals surface area contributed by atoms with E-state index in [1.165, 1.54) is 24.3 Å². The van der Waals surface area contributed by atoms with E-state index in [1.807, 2.05) is 0 Å². The van der Waals surface area contributed by atoms with E-state index >= 15 is 0 Å². The predicted octanol–water partition coefficient (Wildman–Crippen LogP) is 1.35. The molecule has 0 spiro atoms. The van der Waals surface area contributed by atoms with Crippen LogP contribution in [0, 0.1) is 0 Å². The molecule has 6 atom stereocenters. The highest BCUT2D eigenvalue weighted by Gasteiger charge is 2.45. The second-order valence-electron chi connectivity index (χ2n) is 6.85. The van der Waals surface area contributed by atoms with Crippen molar-refractivity contribution in [3.05, 3.63) is 59.7 Å². The molecule has 0 aliphatic carbocycles. The average Bonchev–Trinajstić information content (AvgIpc) is 3.13. The van der Waals surface area contributed by atoms with E-state index < -0.39 is 37.0 Å². The lowest BCUT2D eigenvalue weighted by atomic mass is 10.0. The van der Waals surface area contributed by atoms with Gasteiger partial charge in [0.2, 0.25) is 0 Å². The molecule has 28 heavy (non-hydrogen) atoms. The molecule has 2 aliphatic rings. The molecule has 4 rings (SSSR count). The van der Waals surface area contributed by atoms with Crippen molar-refractivity contribution < 1.29 is 39.4 Å². The summed E-state index contributed by atoms with van der Waals surface area (Å²) in [6, 6.07) is 12.7. The number of aliphatic hydroxyl groups excluding tert-OH is 2. The maximum absolute atomic E-state index is 10.5. The zero-order valence-corrected chi connectivity index (χ0v) is 14.9. The van der Waals surface area contributed by atoms with Crippen LogP contribution in [0.2, 0.25) is 0 Å². The van der Waals surface area contributed by atoms with Gasteiger partial charge in [0.1, 0.15) is 35.9 Å². The van der Waals surface area contributed by atoms with Crippen molar-refractivity contribution in [2.24, 2.45) is 0 Å². The molecular weight excluding hydrogens is 368 g/mol. The Kier molecular flexibility index (Phi) is 5.49. The molecule has 0 aromatic heterocycles. The van der Waals surface area contributed by atoms with Crippen molar-refractivity contribution in [2.45, 2.75) is 37.0 Å². The number of hydrogen-bond donors (Lipinski definition) is 4. The van der Waals surface area contributed by atoms with Crippen LogP contribution in [0.4, 0.5) is 0 Å². The van der Waals surface area contributed by atoms with Crippen molar-refractivity contribution in [2.75, 3.05) is 13.2 Å². The van der Waals surface area contributed by atoms with Crippen LogP contribution in [-0.4, -0.2) is 58.1 Å². The minimum atomic E-state index is -1.23. The van der Waals surface area contributed by atoms with Gasteiger partial charge < -0.3 is 39.4 Å². The number of phenolic OH excluding ortho intramolecular Hbond substituents is 2. The maximum atomic E-state index is 10.5. The fourth-order valence-corrected chi connectivity index (χ4v) is 3.28. The molecule has 150 valence electrons. The number of rotatable bonds is 2. The topological polar surface area (TPSA) is 118 Å². The van der Waals surface area contributed by atoms with Crippen molar-refractivity contribution in [1.82, 2.24) is 0 Å². The Morgan fingerprint density at radius 2 is 1.21 bits per heavy atom. The molecule has 2 saturated heterocycles. The number of aromatic hydroxyl groups is 2. The molecule has 8 nitrogen and oxygen atoms in total. The Labute approximate surface area is 161 Å². The van der Waals surface area contributed by atoms with Gasteiger partial charge in [-0.3, -0.25) is 0 Å². The smallest absolute Gasteiger partial charge is 0.184 e. The molecule has 0 bridgehead atoms. The number of fused-ring (bicyclic) bond motifs is 1. The Morgan fingerprint density at radius 1 is 0.679 bits per heavy atom. The van der Waals surface area contributed by atoms with E-state index in [9.17, 15) is 20.4 Å². The molecule has 0 amide bonds. The van der Waals surface area contributed by atoms with Crippen LogP contribution in [0.15, 0.2) is 48.5 Å². The number of aliphatic hydroxyl groups is 2. The molecule has 2 aliphatic heterocycles. The molecule has 0 saturated carbocycles. The predicted molar refractivity (Wildman–Crippen MR) is 95.4 cm³/mol. The Bertz CT molecular complexity index is 778. The summed E-state index contributed by atoms with van der Waals surface area (Å²) in [5, 5.41) is 39.7. The van der Waals surface area contributed by atoms with E-state index in [0.717, 1.165) is 0 Å². The highest BCUT2D eigenvalue weighted by atomic mass is 16.8. The van der Waals surface area contributed by atoms with E-state index in [4.69, 9.17) is 18.9 Å². The summed E-state index contributed by atoms with van der Waals surface area (Å²) < 4.78 is 23.2. The van der Waals surface area contributed by atoms with Crippen LogP contribution in [0.1, 0.15) is 23.7 Å². The zero-order valence-electron chi connectivity index (χ0n) is 14.9.